The largest absolute Gasteiger partial charge is 0.497 e. The molecule has 1 aliphatic rings. The van der Waals surface area contributed by atoms with Gasteiger partial charge in [-0.25, -0.2) is 0 Å². The number of methoxy groups -OCH3 is 1. The van der Waals surface area contributed by atoms with Gasteiger partial charge in [0.2, 0.25) is 0 Å². The predicted octanol–water partition coefficient (Wildman–Crippen LogP) is 2.43. The van der Waals surface area contributed by atoms with Crippen molar-refractivity contribution in [2.45, 2.75) is 25.8 Å². The lowest BCUT2D eigenvalue weighted by Gasteiger charge is -2.03. The summed E-state index contributed by atoms with van der Waals surface area (Å²) in [6, 6.07) is 6.42. The monoisotopic (exact) mass is 272 g/mol. The maximum atomic E-state index is 12.5. The van der Waals surface area contributed by atoms with Crippen molar-refractivity contribution in [3.63, 3.8) is 0 Å². The van der Waals surface area contributed by atoms with Gasteiger partial charge in [0, 0.05) is 35.8 Å². The highest BCUT2D eigenvalue weighted by Crippen LogP contribution is 2.29. The van der Waals surface area contributed by atoms with Crippen molar-refractivity contribution in [2.24, 2.45) is 7.05 Å². The number of carbonyl (C=O) groups is 1. The molecule has 0 amide bonds. The van der Waals surface area contributed by atoms with Crippen molar-refractivity contribution in [3.8, 4) is 5.75 Å². The van der Waals surface area contributed by atoms with Gasteiger partial charge in [-0.1, -0.05) is 0 Å². The molecular formula is C16H20N2O2. The summed E-state index contributed by atoms with van der Waals surface area (Å²) >= 11 is 0. The maximum Gasteiger partial charge on any atom is 0.179 e. The molecule has 0 atom stereocenters. The molecule has 0 spiro atoms. The number of ether oxygens (including phenoxy) is 1. The average Bonchev–Trinajstić information content (AvgIpc) is 3.25. The standard InChI is InChI=1S/C16H20N2O2/c1-10-16(15(19)9-17-11-4-5-11)13-7-6-12(20-3)8-14(13)18(10)2/h6-8,11,17H,4-5,9H2,1-3H3. The van der Waals surface area contributed by atoms with Crippen LogP contribution in [0.1, 0.15) is 28.9 Å². The van der Waals surface area contributed by atoms with E-state index in [0.29, 0.717) is 12.6 Å². The number of fused-ring (bicyclic) bond motifs is 1. The molecular weight excluding hydrogens is 252 g/mol. The summed E-state index contributed by atoms with van der Waals surface area (Å²) < 4.78 is 7.32. The van der Waals surface area contributed by atoms with Crippen molar-refractivity contribution in [3.05, 3.63) is 29.5 Å². The second-order valence-electron chi connectivity index (χ2n) is 5.48. The highest BCUT2D eigenvalue weighted by Gasteiger charge is 2.24. The van der Waals surface area contributed by atoms with Crippen molar-refractivity contribution in [1.82, 2.24) is 9.88 Å². The van der Waals surface area contributed by atoms with E-state index in [1.54, 1.807) is 7.11 Å². The predicted molar refractivity (Wildman–Crippen MR) is 79.6 cm³/mol. The summed E-state index contributed by atoms with van der Waals surface area (Å²) in [5.74, 6) is 0.985. The number of aromatic nitrogens is 1. The highest BCUT2D eigenvalue weighted by atomic mass is 16.5. The number of rotatable bonds is 5. The van der Waals surface area contributed by atoms with Gasteiger partial charge < -0.3 is 14.6 Å². The molecule has 1 N–H and O–H groups in total. The smallest absolute Gasteiger partial charge is 0.179 e. The molecule has 1 heterocycles. The first kappa shape index (κ1) is 13.2. The van der Waals surface area contributed by atoms with Crippen molar-refractivity contribution < 1.29 is 9.53 Å². The zero-order valence-electron chi connectivity index (χ0n) is 12.2. The van der Waals surface area contributed by atoms with Crippen LogP contribution in [0, 0.1) is 6.92 Å². The SMILES string of the molecule is COc1ccc2c(C(=O)CNC3CC3)c(C)n(C)c2c1. The zero-order chi connectivity index (χ0) is 14.3. The molecule has 0 saturated heterocycles. The van der Waals surface area contributed by atoms with Crippen molar-refractivity contribution >= 4 is 16.7 Å². The van der Waals surface area contributed by atoms with E-state index in [9.17, 15) is 4.79 Å². The van der Waals surface area contributed by atoms with E-state index in [2.05, 4.69) is 9.88 Å². The van der Waals surface area contributed by atoms with Gasteiger partial charge in [-0.2, -0.15) is 0 Å². The summed E-state index contributed by atoms with van der Waals surface area (Å²) in [4.78, 5) is 12.5. The third kappa shape index (κ3) is 2.20. The third-order valence-electron chi connectivity index (χ3n) is 4.11. The Balaban J connectivity index is 2.00. The van der Waals surface area contributed by atoms with Gasteiger partial charge in [0.1, 0.15) is 5.75 Å². The van der Waals surface area contributed by atoms with Crippen LogP contribution in [0.25, 0.3) is 10.9 Å². The summed E-state index contributed by atoms with van der Waals surface area (Å²) in [5, 5.41) is 4.30. The van der Waals surface area contributed by atoms with Crippen LogP contribution in [-0.2, 0) is 7.05 Å². The molecule has 1 saturated carbocycles. The lowest BCUT2D eigenvalue weighted by atomic mass is 10.1. The fourth-order valence-corrected chi connectivity index (χ4v) is 2.64. The summed E-state index contributed by atoms with van der Waals surface area (Å²) in [7, 11) is 3.64. The molecule has 0 radical (unpaired) electrons. The molecule has 0 aliphatic heterocycles. The highest BCUT2D eigenvalue weighted by molar-refractivity contribution is 6.10. The van der Waals surface area contributed by atoms with Crippen LogP contribution >= 0.6 is 0 Å². The van der Waals surface area contributed by atoms with Crippen LogP contribution < -0.4 is 10.1 Å². The molecule has 4 heteroatoms. The van der Waals surface area contributed by atoms with E-state index in [1.807, 2.05) is 32.2 Å². The molecule has 1 aliphatic carbocycles. The molecule has 1 aromatic carbocycles. The third-order valence-corrected chi connectivity index (χ3v) is 4.11. The summed E-state index contributed by atoms with van der Waals surface area (Å²) in [5.41, 5.74) is 2.88. The fourth-order valence-electron chi connectivity index (χ4n) is 2.64. The van der Waals surface area contributed by atoms with E-state index >= 15 is 0 Å². The second kappa shape index (κ2) is 4.94. The molecule has 20 heavy (non-hydrogen) atoms. The van der Waals surface area contributed by atoms with Crippen molar-refractivity contribution in [1.29, 1.82) is 0 Å². The van der Waals surface area contributed by atoms with Gasteiger partial charge in [0.25, 0.3) is 0 Å². The average molecular weight is 272 g/mol. The van der Waals surface area contributed by atoms with Gasteiger partial charge in [0.05, 0.1) is 19.2 Å². The first-order valence-electron chi connectivity index (χ1n) is 7.01. The number of ketones is 1. The molecule has 1 aromatic heterocycles. The molecule has 0 bridgehead atoms. The van der Waals surface area contributed by atoms with Gasteiger partial charge in [-0.3, -0.25) is 4.79 Å². The number of nitrogens with zero attached hydrogens (tertiary/aromatic N) is 1. The number of nitrogens with one attached hydrogen (secondary N) is 1. The number of carbonyl (C=O) groups excluding carboxylic acids is 1. The lowest BCUT2D eigenvalue weighted by molar-refractivity contribution is 0.0991. The fraction of sp³-hybridized carbons (Fsp3) is 0.438. The number of benzene rings is 1. The van der Waals surface area contributed by atoms with E-state index in [-0.39, 0.29) is 5.78 Å². The molecule has 1 fully saturated rings. The number of hydrogen-bond acceptors (Lipinski definition) is 3. The Morgan fingerprint density at radius 2 is 2.20 bits per heavy atom. The minimum Gasteiger partial charge on any atom is -0.497 e. The second-order valence-corrected chi connectivity index (χ2v) is 5.48. The molecule has 3 rings (SSSR count). The Morgan fingerprint density at radius 3 is 2.85 bits per heavy atom. The van der Waals surface area contributed by atoms with Crippen LogP contribution in [0.5, 0.6) is 5.75 Å². The topological polar surface area (TPSA) is 43.3 Å². The van der Waals surface area contributed by atoms with E-state index in [4.69, 9.17) is 4.74 Å². The molecule has 0 unspecified atom stereocenters. The van der Waals surface area contributed by atoms with Crippen LogP contribution in [0.15, 0.2) is 18.2 Å². The lowest BCUT2D eigenvalue weighted by Crippen LogP contribution is -2.25. The van der Waals surface area contributed by atoms with E-state index in [0.717, 1.165) is 27.9 Å². The van der Waals surface area contributed by atoms with Crippen LogP contribution in [0.4, 0.5) is 0 Å². The van der Waals surface area contributed by atoms with Gasteiger partial charge in [0.15, 0.2) is 5.78 Å². The number of aryl methyl sites for hydroxylation is 1. The minimum atomic E-state index is 0.171. The number of Topliss-reactive ketones (excluding diaryl/α,β-unsaturated/α-hetero) is 1. The Bertz CT molecular complexity index is 669. The minimum absolute atomic E-state index is 0.171. The Hall–Kier alpha value is -1.81. The van der Waals surface area contributed by atoms with Gasteiger partial charge in [-0.05, 0) is 31.9 Å². The Labute approximate surface area is 118 Å². The Kier molecular flexibility index (Phi) is 3.26. The maximum absolute atomic E-state index is 12.5. The first-order valence-corrected chi connectivity index (χ1v) is 7.01. The normalized spacial score (nSPS) is 14.8. The molecule has 2 aromatic rings. The van der Waals surface area contributed by atoms with E-state index < -0.39 is 0 Å². The quantitative estimate of drug-likeness (QED) is 0.850. The van der Waals surface area contributed by atoms with Crippen LogP contribution in [0.3, 0.4) is 0 Å². The van der Waals surface area contributed by atoms with Crippen LogP contribution in [-0.4, -0.2) is 30.0 Å². The van der Waals surface area contributed by atoms with Gasteiger partial charge in [-0.15, -0.1) is 0 Å². The summed E-state index contributed by atoms with van der Waals surface area (Å²) in [6.45, 7) is 2.42. The summed E-state index contributed by atoms with van der Waals surface area (Å²) in [6.07, 6.45) is 2.39. The number of hydrogen-bond donors (Lipinski definition) is 1. The first-order chi connectivity index (χ1) is 9.61. The zero-order valence-corrected chi connectivity index (χ0v) is 12.2. The molecule has 106 valence electrons. The van der Waals surface area contributed by atoms with Gasteiger partial charge >= 0.3 is 0 Å². The van der Waals surface area contributed by atoms with E-state index in [1.165, 1.54) is 12.8 Å². The molecule has 4 nitrogen and oxygen atoms in total. The van der Waals surface area contributed by atoms with Crippen LogP contribution in [0.2, 0.25) is 0 Å². The Morgan fingerprint density at radius 1 is 1.45 bits per heavy atom. The van der Waals surface area contributed by atoms with Crippen molar-refractivity contribution in [2.75, 3.05) is 13.7 Å².